The van der Waals surface area contributed by atoms with Gasteiger partial charge in [-0.05, 0) is 33.5 Å². The van der Waals surface area contributed by atoms with E-state index in [1.165, 1.54) is 11.3 Å². The molecule has 0 aliphatic rings. The normalized spacial score (nSPS) is 12.7. The molecule has 1 aromatic carbocycles. The number of aryl methyl sites for hydroxylation is 2. The second-order valence-corrected chi connectivity index (χ2v) is 7.24. The highest BCUT2D eigenvalue weighted by atomic mass is 32.1. The first-order valence-corrected chi connectivity index (χ1v) is 8.58. The number of hydrogen-bond donors (Lipinski definition) is 1. The zero-order chi connectivity index (χ0) is 17.3. The summed E-state index contributed by atoms with van der Waals surface area (Å²) in [6, 6.07) is 7.71. The van der Waals surface area contributed by atoms with Gasteiger partial charge < -0.3 is 5.32 Å². The van der Waals surface area contributed by atoms with Crippen LogP contribution in [-0.4, -0.2) is 39.5 Å². The lowest BCUT2D eigenvalue weighted by Gasteiger charge is -2.24. The number of carbonyl (C=O) groups excluding carboxylic acids is 1. The van der Waals surface area contributed by atoms with E-state index in [1.54, 1.807) is 4.52 Å². The average molecular weight is 343 g/mol. The number of hydrogen-bond acceptors (Lipinski definition) is 5. The smallest absolute Gasteiger partial charge is 0.242 e. The number of aromatic nitrogens is 3. The van der Waals surface area contributed by atoms with Crippen molar-refractivity contribution in [3.8, 4) is 0 Å². The summed E-state index contributed by atoms with van der Waals surface area (Å²) in [4.78, 5) is 19.9. The first kappa shape index (κ1) is 16.6. The predicted octanol–water partition coefficient (Wildman–Crippen LogP) is 2.33. The molecule has 2 aromatic heterocycles. The van der Waals surface area contributed by atoms with Crippen molar-refractivity contribution in [2.24, 2.45) is 0 Å². The van der Waals surface area contributed by atoms with Crippen molar-refractivity contribution in [3.05, 3.63) is 52.3 Å². The maximum absolute atomic E-state index is 12.7. The van der Waals surface area contributed by atoms with Gasteiger partial charge in [0.2, 0.25) is 10.9 Å². The van der Waals surface area contributed by atoms with E-state index in [1.807, 2.05) is 63.3 Å². The van der Waals surface area contributed by atoms with Crippen LogP contribution in [0.25, 0.3) is 4.96 Å². The largest absolute Gasteiger partial charge is 0.349 e. The lowest BCUT2D eigenvalue weighted by atomic mass is 10.0. The number of nitrogens with zero attached hydrogens (tertiary/aromatic N) is 4. The molecule has 6 nitrogen and oxygen atoms in total. The van der Waals surface area contributed by atoms with Gasteiger partial charge in [-0.3, -0.25) is 9.69 Å². The van der Waals surface area contributed by atoms with Crippen LogP contribution >= 0.6 is 11.3 Å². The molecule has 7 heteroatoms. The predicted molar refractivity (Wildman–Crippen MR) is 95.1 cm³/mol. The molecule has 126 valence electrons. The number of amides is 1. The lowest BCUT2D eigenvalue weighted by Crippen LogP contribution is -2.36. The van der Waals surface area contributed by atoms with E-state index >= 15 is 0 Å². The molecular weight excluding hydrogens is 322 g/mol. The van der Waals surface area contributed by atoms with E-state index in [-0.39, 0.29) is 11.9 Å². The molecule has 1 atom stereocenters. The fourth-order valence-electron chi connectivity index (χ4n) is 2.73. The summed E-state index contributed by atoms with van der Waals surface area (Å²) in [7, 11) is 3.82. The Labute approximate surface area is 145 Å². The third kappa shape index (κ3) is 3.47. The standard InChI is InChI=1S/C17H21N5OS/c1-11-6-5-7-13(8-11)15(21(3)4)16(23)18-9-14-10-22-17(19-14)24-12(2)20-22/h5-8,10,15H,9H2,1-4H3,(H,18,23)/t15-/m0/s1. The minimum absolute atomic E-state index is 0.0360. The zero-order valence-corrected chi connectivity index (χ0v) is 15.1. The fraction of sp³-hybridized carbons (Fsp3) is 0.353. The van der Waals surface area contributed by atoms with Crippen LogP contribution in [0.2, 0.25) is 0 Å². The van der Waals surface area contributed by atoms with Gasteiger partial charge in [0, 0.05) is 0 Å². The van der Waals surface area contributed by atoms with Gasteiger partial charge in [-0.25, -0.2) is 9.50 Å². The van der Waals surface area contributed by atoms with Crippen molar-refractivity contribution in [1.82, 2.24) is 24.8 Å². The second kappa shape index (κ2) is 6.70. The zero-order valence-electron chi connectivity index (χ0n) is 14.3. The van der Waals surface area contributed by atoms with Gasteiger partial charge in [0.15, 0.2) is 0 Å². The van der Waals surface area contributed by atoms with E-state index in [4.69, 9.17) is 0 Å². The molecule has 1 amide bonds. The molecule has 0 fully saturated rings. The van der Waals surface area contributed by atoms with Crippen molar-refractivity contribution >= 4 is 22.2 Å². The number of fused-ring (bicyclic) bond motifs is 1. The van der Waals surface area contributed by atoms with Crippen LogP contribution in [0, 0.1) is 13.8 Å². The van der Waals surface area contributed by atoms with E-state index in [0.29, 0.717) is 6.54 Å². The lowest BCUT2D eigenvalue weighted by molar-refractivity contribution is -0.126. The van der Waals surface area contributed by atoms with Crippen LogP contribution in [0.1, 0.15) is 27.9 Å². The number of benzene rings is 1. The molecule has 0 aliphatic heterocycles. The van der Waals surface area contributed by atoms with Crippen LogP contribution in [0.5, 0.6) is 0 Å². The molecular formula is C17H21N5OS. The Morgan fingerprint density at radius 1 is 1.38 bits per heavy atom. The Morgan fingerprint density at radius 2 is 2.17 bits per heavy atom. The number of imidazole rings is 1. The number of rotatable bonds is 5. The molecule has 0 saturated carbocycles. The highest BCUT2D eigenvalue weighted by molar-refractivity contribution is 7.16. The molecule has 0 saturated heterocycles. The summed E-state index contributed by atoms with van der Waals surface area (Å²) in [6.45, 7) is 4.37. The molecule has 0 bridgehead atoms. The fourth-order valence-corrected chi connectivity index (χ4v) is 3.47. The Balaban J connectivity index is 1.72. The average Bonchev–Trinajstić information content (AvgIpc) is 3.01. The number of carbonyl (C=O) groups is 1. The SMILES string of the molecule is Cc1cccc([C@@H](C(=O)NCc2cn3nc(C)sc3n2)N(C)C)c1. The van der Waals surface area contributed by atoms with E-state index in [9.17, 15) is 4.79 Å². The van der Waals surface area contributed by atoms with Gasteiger partial charge in [-0.15, -0.1) is 0 Å². The molecule has 2 heterocycles. The molecule has 1 N–H and O–H groups in total. The molecule has 0 radical (unpaired) electrons. The summed E-state index contributed by atoms with van der Waals surface area (Å²) >= 11 is 1.54. The van der Waals surface area contributed by atoms with Gasteiger partial charge in [0.25, 0.3) is 0 Å². The third-order valence-electron chi connectivity index (χ3n) is 3.76. The monoisotopic (exact) mass is 343 g/mol. The first-order chi connectivity index (χ1) is 11.4. The Morgan fingerprint density at radius 3 is 2.83 bits per heavy atom. The first-order valence-electron chi connectivity index (χ1n) is 7.76. The molecule has 24 heavy (non-hydrogen) atoms. The quantitative estimate of drug-likeness (QED) is 0.772. The topological polar surface area (TPSA) is 62.5 Å². The van der Waals surface area contributed by atoms with Gasteiger partial charge in [0.1, 0.15) is 11.0 Å². The Hall–Kier alpha value is -2.25. The molecule has 3 rings (SSSR count). The molecule has 0 spiro atoms. The van der Waals surface area contributed by atoms with Crippen LogP contribution < -0.4 is 5.32 Å². The summed E-state index contributed by atoms with van der Waals surface area (Å²) in [5.41, 5.74) is 2.94. The van der Waals surface area contributed by atoms with Crippen molar-refractivity contribution in [3.63, 3.8) is 0 Å². The molecule has 3 aromatic rings. The molecule has 0 aliphatic carbocycles. The minimum atomic E-state index is -0.325. The van der Waals surface area contributed by atoms with E-state index in [2.05, 4.69) is 15.4 Å². The van der Waals surface area contributed by atoms with Crippen LogP contribution in [0.3, 0.4) is 0 Å². The Bertz CT molecular complexity index is 835. The van der Waals surface area contributed by atoms with Crippen LogP contribution in [0.15, 0.2) is 30.5 Å². The molecule has 0 unspecified atom stereocenters. The van der Waals surface area contributed by atoms with Crippen molar-refractivity contribution in [2.45, 2.75) is 26.4 Å². The second-order valence-electron chi connectivity index (χ2n) is 6.08. The minimum Gasteiger partial charge on any atom is -0.349 e. The maximum Gasteiger partial charge on any atom is 0.242 e. The van der Waals surface area contributed by atoms with Crippen LogP contribution in [0.4, 0.5) is 0 Å². The number of likely N-dealkylation sites (N-methyl/N-ethyl adjacent to an activating group) is 1. The third-order valence-corrected chi connectivity index (χ3v) is 4.60. The van der Waals surface area contributed by atoms with Crippen molar-refractivity contribution < 1.29 is 4.79 Å². The van der Waals surface area contributed by atoms with Crippen molar-refractivity contribution in [1.29, 1.82) is 0 Å². The van der Waals surface area contributed by atoms with Gasteiger partial charge in [-0.2, -0.15) is 5.10 Å². The van der Waals surface area contributed by atoms with Gasteiger partial charge >= 0.3 is 0 Å². The summed E-state index contributed by atoms with van der Waals surface area (Å²) in [5.74, 6) is -0.0360. The van der Waals surface area contributed by atoms with E-state index < -0.39 is 0 Å². The van der Waals surface area contributed by atoms with Gasteiger partial charge in [0.05, 0.1) is 18.4 Å². The Kier molecular flexibility index (Phi) is 4.64. The number of nitrogens with one attached hydrogen (secondary N) is 1. The van der Waals surface area contributed by atoms with Crippen LogP contribution in [-0.2, 0) is 11.3 Å². The van der Waals surface area contributed by atoms with Gasteiger partial charge in [-0.1, -0.05) is 41.2 Å². The highest BCUT2D eigenvalue weighted by Gasteiger charge is 2.23. The maximum atomic E-state index is 12.7. The highest BCUT2D eigenvalue weighted by Crippen LogP contribution is 2.20. The van der Waals surface area contributed by atoms with E-state index in [0.717, 1.165) is 26.8 Å². The van der Waals surface area contributed by atoms with Crippen molar-refractivity contribution in [2.75, 3.05) is 14.1 Å². The summed E-state index contributed by atoms with van der Waals surface area (Å²) < 4.78 is 1.76. The summed E-state index contributed by atoms with van der Waals surface area (Å²) in [6.07, 6.45) is 1.86. The summed E-state index contributed by atoms with van der Waals surface area (Å²) in [5, 5.41) is 8.29.